The number of carbonyl (C=O) groups is 2. The quantitative estimate of drug-likeness (QED) is 0.642. The van der Waals surface area contributed by atoms with Crippen molar-refractivity contribution in [3.63, 3.8) is 0 Å². The highest BCUT2D eigenvalue weighted by Crippen LogP contribution is 2.38. The van der Waals surface area contributed by atoms with Crippen molar-refractivity contribution in [3.8, 4) is 0 Å². The second-order valence-electron chi connectivity index (χ2n) is 5.50. The molecule has 1 aromatic heterocycles. The van der Waals surface area contributed by atoms with Crippen molar-refractivity contribution in [2.75, 3.05) is 0 Å². The van der Waals surface area contributed by atoms with Crippen LogP contribution in [0, 0.1) is 11.6 Å². The Kier molecular flexibility index (Phi) is 4.20. The Bertz CT molecular complexity index is 862. The maximum atomic E-state index is 13.3. The molecule has 1 amide bonds. The summed E-state index contributed by atoms with van der Waals surface area (Å²) in [6.07, 6.45) is 2.15. The van der Waals surface area contributed by atoms with Gasteiger partial charge in [0.15, 0.2) is 17.8 Å². The van der Waals surface area contributed by atoms with Crippen molar-refractivity contribution < 1.29 is 18.4 Å². The fourth-order valence-corrected chi connectivity index (χ4v) is 2.38. The van der Waals surface area contributed by atoms with Gasteiger partial charge in [-0.1, -0.05) is 0 Å². The fourth-order valence-electron chi connectivity index (χ4n) is 2.38. The molecular formula is C16H13F2N3O3. The summed E-state index contributed by atoms with van der Waals surface area (Å²) in [4.78, 5) is 39.4. The van der Waals surface area contributed by atoms with Gasteiger partial charge in [-0.3, -0.25) is 14.2 Å². The van der Waals surface area contributed by atoms with Gasteiger partial charge in [-0.05, 0) is 37.1 Å². The van der Waals surface area contributed by atoms with Crippen molar-refractivity contribution in [2.24, 2.45) is 0 Å². The smallest absolute Gasteiger partial charge is 0.331 e. The minimum absolute atomic E-state index is 0.175. The van der Waals surface area contributed by atoms with Gasteiger partial charge < -0.3 is 5.32 Å². The lowest BCUT2D eigenvalue weighted by Gasteiger charge is -2.17. The van der Waals surface area contributed by atoms with Crippen LogP contribution < -0.4 is 11.0 Å². The molecule has 0 aliphatic heterocycles. The van der Waals surface area contributed by atoms with Gasteiger partial charge in [-0.2, -0.15) is 4.98 Å². The molecule has 0 bridgehead atoms. The van der Waals surface area contributed by atoms with E-state index in [9.17, 15) is 23.2 Å². The summed E-state index contributed by atoms with van der Waals surface area (Å²) in [5.41, 5.74) is -0.234. The van der Waals surface area contributed by atoms with Gasteiger partial charge in [0, 0.05) is 17.7 Å². The summed E-state index contributed by atoms with van der Waals surface area (Å²) in [6.45, 7) is 0. The molecule has 1 atom stereocenters. The zero-order valence-corrected chi connectivity index (χ0v) is 12.4. The molecule has 2 aromatic rings. The molecule has 3 rings (SSSR count). The summed E-state index contributed by atoms with van der Waals surface area (Å²) in [7, 11) is 0. The first kappa shape index (κ1) is 16.0. The van der Waals surface area contributed by atoms with Crippen molar-refractivity contribution >= 4 is 12.2 Å². The zero-order chi connectivity index (χ0) is 17.3. The molecule has 8 heteroatoms. The number of nitrogens with one attached hydrogen (secondary N) is 1. The van der Waals surface area contributed by atoms with Crippen molar-refractivity contribution in [1.29, 1.82) is 0 Å². The lowest BCUT2D eigenvalue weighted by molar-refractivity contribution is -0.110. The Morgan fingerprint density at radius 2 is 2.04 bits per heavy atom. The maximum absolute atomic E-state index is 13.3. The van der Waals surface area contributed by atoms with Gasteiger partial charge in [0.2, 0.25) is 12.2 Å². The predicted molar refractivity (Wildman–Crippen MR) is 79.4 cm³/mol. The van der Waals surface area contributed by atoms with Gasteiger partial charge in [0.25, 0.3) is 0 Å². The first-order chi connectivity index (χ1) is 11.5. The van der Waals surface area contributed by atoms with Crippen molar-refractivity contribution in [3.05, 3.63) is 63.8 Å². The van der Waals surface area contributed by atoms with Gasteiger partial charge in [-0.15, -0.1) is 0 Å². The summed E-state index contributed by atoms with van der Waals surface area (Å²) in [5, 5.41) is 2.21. The number of ketones is 1. The topological polar surface area (TPSA) is 81.1 Å². The number of hydrogen-bond donors (Lipinski definition) is 1. The summed E-state index contributed by atoms with van der Waals surface area (Å²) in [5.74, 6) is -2.80. The van der Waals surface area contributed by atoms with Crippen LogP contribution in [0.4, 0.5) is 8.78 Å². The van der Waals surface area contributed by atoms with E-state index in [1.165, 1.54) is 6.20 Å². The van der Waals surface area contributed by atoms with Crippen molar-refractivity contribution in [2.45, 2.75) is 24.9 Å². The molecule has 124 valence electrons. The van der Waals surface area contributed by atoms with E-state index in [1.807, 2.05) is 0 Å². The van der Waals surface area contributed by atoms with E-state index in [4.69, 9.17) is 0 Å². The Morgan fingerprint density at radius 3 is 2.62 bits per heavy atom. The van der Waals surface area contributed by atoms with Crippen LogP contribution in [-0.4, -0.2) is 21.7 Å². The van der Waals surface area contributed by atoms with E-state index in [0.717, 1.165) is 29.5 Å². The number of nitrogens with zero attached hydrogens (tertiary/aromatic N) is 2. The molecule has 1 fully saturated rings. The second-order valence-corrected chi connectivity index (χ2v) is 5.50. The molecule has 1 heterocycles. The first-order valence-electron chi connectivity index (χ1n) is 7.29. The summed E-state index contributed by atoms with van der Waals surface area (Å²) < 4.78 is 27.3. The van der Waals surface area contributed by atoms with Gasteiger partial charge in [-0.25, -0.2) is 13.6 Å². The standard InChI is InChI=1S/C16H13F2N3O3/c17-11-4-3-10(7-12(11)18)14(23)15(19-8-22)21-6-5-13(9-1-2-9)20-16(21)24/h3-9,15H,1-2H2,(H,19,22). The number of aromatic nitrogens is 2. The highest BCUT2D eigenvalue weighted by Gasteiger charge is 2.28. The third-order valence-electron chi connectivity index (χ3n) is 3.80. The SMILES string of the molecule is O=CNC(C(=O)c1ccc(F)c(F)c1)n1ccc(C2CC2)nc1=O. The van der Waals surface area contributed by atoms with E-state index in [0.29, 0.717) is 11.8 Å². The van der Waals surface area contributed by atoms with Crippen LogP contribution in [0.3, 0.4) is 0 Å². The van der Waals surface area contributed by atoms with Gasteiger partial charge in [0.1, 0.15) is 0 Å². The van der Waals surface area contributed by atoms with E-state index < -0.39 is 29.3 Å². The number of halogens is 2. The highest BCUT2D eigenvalue weighted by molar-refractivity contribution is 5.99. The van der Waals surface area contributed by atoms with Gasteiger partial charge in [0.05, 0.1) is 5.69 Å². The average molecular weight is 333 g/mol. The van der Waals surface area contributed by atoms with Crippen LogP contribution >= 0.6 is 0 Å². The Morgan fingerprint density at radius 1 is 1.29 bits per heavy atom. The van der Waals surface area contributed by atoms with Crippen LogP contribution in [0.25, 0.3) is 0 Å². The van der Waals surface area contributed by atoms with E-state index in [2.05, 4.69) is 10.3 Å². The molecule has 0 radical (unpaired) electrons. The molecule has 1 aliphatic carbocycles. The molecule has 24 heavy (non-hydrogen) atoms. The lowest BCUT2D eigenvalue weighted by Crippen LogP contribution is -2.40. The Balaban J connectivity index is 1.96. The van der Waals surface area contributed by atoms with Crippen molar-refractivity contribution in [1.82, 2.24) is 14.9 Å². The number of hydrogen-bond acceptors (Lipinski definition) is 4. The Labute approximate surface area is 135 Å². The number of carbonyl (C=O) groups excluding carboxylic acids is 2. The fraction of sp³-hybridized carbons (Fsp3) is 0.250. The maximum Gasteiger partial charge on any atom is 0.349 e. The van der Waals surface area contributed by atoms with Crippen LogP contribution in [-0.2, 0) is 4.79 Å². The normalized spacial score (nSPS) is 14.9. The Hall–Kier alpha value is -2.90. The van der Waals surface area contributed by atoms with E-state index in [1.54, 1.807) is 6.07 Å². The number of amides is 1. The molecular weight excluding hydrogens is 320 g/mol. The summed E-state index contributed by atoms with van der Waals surface area (Å²) in [6, 6.07) is 4.21. The summed E-state index contributed by atoms with van der Waals surface area (Å²) >= 11 is 0. The predicted octanol–water partition coefficient (Wildman–Crippen LogP) is 1.53. The highest BCUT2D eigenvalue weighted by atomic mass is 19.2. The third-order valence-corrected chi connectivity index (χ3v) is 3.80. The average Bonchev–Trinajstić information content (AvgIpc) is 3.40. The molecule has 6 nitrogen and oxygen atoms in total. The van der Waals surface area contributed by atoms with Crippen LogP contribution in [0.5, 0.6) is 0 Å². The number of benzene rings is 1. The second kappa shape index (κ2) is 6.31. The third kappa shape index (κ3) is 3.08. The lowest BCUT2D eigenvalue weighted by atomic mass is 10.1. The first-order valence-corrected chi connectivity index (χ1v) is 7.29. The zero-order valence-electron chi connectivity index (χ0n) is 12.4. The molecule has 1 aromatic carbocycles. The van der Waals surface area contributed by atoms with Gasteiger partial charge >= 0.3 is 5.69 Å². The van der Waals surface area contributed by atoms with Crippen LogP contribution in [0.15, 0.2) is 35.3 Å². The molecule has 1 aliphatic rings. The molecule has 1 saturated carbocycles. The monoisotopic (exact) mass is 333 g/mol. The largest absolute Gasteiger partial charge is 0.349 e. The molecule has 1 unspecified atom stereocenters. The van der Waals surface area contributed by atoms with Crippen LogP contribution in [0.2, 0.25) is 0 Å². The number of rotatable bonds is 6. The minimum atomic E-state index is -1.39. The van der Waals surface area contributed by atoms with E-state index >= 15 is 0 Å². The molecule has 0 spiro atoms. The molecule has 0 saturated heterocycles. The number of Topliss-reactive ketones (excluding diaryl/α,β-unsaturated/α-hetero) is 1. The molecule has 1 N–H and O–H groups in total. The minimum Gasteiger partial charge on any atom is -0.331 e. The van der Waals surface area contributed by atoms with E-state index in [-0.39, 0.29) is 17.9 Å². The van der Waals surface area contributed by atoms with Crippen LogP contribution in [0.1, 0.15) is 41.0 Å².